The van der Waals surface area contributed by atoms with E-state index < -0.39 is 4.92 Å². The molecule has 3 aromatic rings. The van der Waals surface area contributed by atoms with Crippen LogP contribution in [0.2, 0.25) is 10.0 Å². The third-order valence-electron chi connectivity index (χ3n) is 3.64. The molecular formula is C19H14Cl2N4O3. The normalized spacial score (nSPS) is 10.8. The van der Waals surface area contributed by atoms with Crippen molar-refractivity contribution in [2.24, 2.45) is 5.10 Å². The highest BCUT2D eigenvalue weighted by molar-refractivity contribution is 6.35. The monoisotopic (exact) mass is 416 g/mol. The number of nitro groups is 1. The van der Waals surface area contributed by atoms with Crippen molar-refractivity contribution in [2.75, 3.05) is 5.43 Å². The van der Waals surface area contributed by atoms with Crippen LogP contribution < -0.4 is 10.2 Å². The predicted molar refractivity (Wildman–Crippen MR) is 109 cm³/mol. The van der Waals surface area contributed by atoms with Gasteiger partial charge in [-0.3, -0.25) is 15.5 Å². The Kier molecular flexibility index (Phi) is 6.41. The maximum Gasteiger partial charge on any atom is 0.287 e. The molecule has 0 radical (unpaired) electrons. The van der Waals surface area contributed by atoms with Gasteiger partial charge in [-0.25, -0.2) is 4.98 Å². The number of halogens is 2. The van der Waals surface area contributed by atoms with Crippen molar-refractivity contribution in [3.63, 3.8) is 0 Å². The maximum absolute atomic E-state index is 10.6. The van der Waals surface area contributed by atoms with Crippen LogP contribution >= 0.6 is 23.2 Å². The number of aromatic nitrogens is 1. The molecule has 7 nitrogen and oxygen atoms in total. The molecule has 1 N–H and O–H groups in total. The van der Waals surface area contributed by atoms with Crippen molar-refractivity contribution in [1.29, 1.82) is 0 Å². The van der Waals surface area contributed by atoms with Crippen molar-refractivity contribution in [2.45, 2.75) is 6.61 Å². The summed E-state index contributed by atoms with van der Waals surface area (Å²) in [6.45, 7) is 0.330. The Morgan fingerprint density at radius 2 is 1.93 bits per heavy atom. The van der Waals surface area contributed by atoms with Gasteiger partial charge in [-0.1, -0.05) is 29.3 Å². The van der Waals surface area contributed by atoms with E-state index in [-0.39, 0.29) is 5.69 Å². The number of nitrogens with zero attached hydrogens (tertiary/aromatic N) is 3. The fourth-order valence-corrected chi connectivity index (χ4v) is 2.65. The molecule has 0 fully saturated rings. The number of hydrogen-bond acceptors (Lipinski definition) is 6. The number of benzene rings is 2. The van der Waals surface area contributed by atoms with Crippen LogP contribution in [0, 0.1) is 10.1 Å². The van der Waals surface area contributed by atoms with Crippen molar-refractivity contribution >= 4 is 40.9 Å². The first-order chi connectivity index (χ1) is 13.5. The lowest BCUT2D eigenvalue weighted by Gasteiger charge is -2.08. The highest BCUT2D eigenvalue weighted by atomic mass is 35.5. The largest absolute Gasteiger partial charge is 0.489 e. The summed E-state index contributed by atoms with van der Waals surface area (Å²) in [4.78, 5) is 14.0. The molecule has 0 saturated carbocycles. The summed E-state index contributed by atoms with van der Waals surface area (Å²) in [6.07, 6.45) is 2.76. The quantitative estimate of drug-likeness (QED) is 0.319. The minimum absolute atomic E-state index is 0.0787. The zero-order chi connectivity index (χ0) is 19.9. The lowest BCUT2D eigenvalue weighted by Crippen LogP contribution is -1.97. The minimum Gasteiger partial charge on any atom is -0.489 e. The van der Waals surface area contributed by atoms with Gasteiger partial charge >= 0.3 is 0 Å². The summed E-state index contributed by atoms with van der Waals surface area (Å²) in [5.41, 5.74) is 4.31. The molecule has 0 spiro atoms. The number of nitrogens with one attached hydrogen (secondary N) is 1. The Hall–Kier alpha value is -3.16. The third kappa shape index (κ3) is 5.42. The second-order valence-corrected chi connectivity index (χ2v) is 6.47. The number of hydrogen-bond donors (Lipinski definition) is 1. The second-order valence-electron chi connectivity index (χ2n) is 5.62. The van der Waals surface area contributed by atoms with Gasteiger partial charge in [0.25, 0.3) is 5.69 Å². The Morgan fingerprint density at radius 3 is 2.57 bits per heavy atom. The summed E-state index contributed by atoms with van der Waals surface area (Å²) in [6, 6.07) is 15.4. The Morgan fingerprint density at radius 1 is 1.14 bits per heavy atom. The summed E-state index contributed by atoms with van der Waals surface area (Å²) in [5, 5.41) is 15.8. The molecule has 2 aromatic carbocycles. The minimum atomic E-state index is -0.509. The van der Waals surface area contributed by atoms with Gasteiger partial charge in [0.15, 0.2) is 0 Å². The molecule has 1 heterocycles. The molecule has 142 valence electrons. The Bertz CT molecular complexity index is 993. The molecule has 0 aliphatic heterocycles. The molecule has 1 aromatic heterocycles. The fraction of sp³-hybridized carbons (Fsp3) is 0.0526. The summed E-state index contributed by atoms with van der Waals surface area (Å²) < 4.78 is 5.72. The van der Waals surface area contributed by atoms with Gasteiger partial charge in [-0.2, -0.15) is 5.10 Å². The predicted octanol–water partition coefficient (Wildman–Crippen LogP) is 5.32. The molecule has 0 bridgehead atoms. The van der Waals surface area contributed by atoms with Crippen LogP contribution in [0.25, 0.3) is 0 Å². The van der Waals surface area contributed by atoms with Gasteiger partial charge in [-0.15, -0.1) is 0 Å². The topological polar surface area (TPSA) is 89.7 Å². The number of rotatable bonds is 7. The van der Waals surface area contributed by atoms with Crippen LogP contribution in [0.4, 0.5) is 11.5 Å². The lowest BCUT2D eigenvalue weighted by molar-refractivity contribution is -0.385. The van der Waals surface area contributed by atoms with E-state index in [4.69, 9.17) is 27.9 Å². The van der Waals surface area contributed by atoms with Crippen molar-refractivity contribution < 1.29 is 9.66 Å². The molecule has 28 heavy (non-hydrogen) atoms. The van der Waals surface area contributed by atoms with E-state index in [1.165, 1.54) is 12.1 Å². The fourth-order valence-electron chi connectivity index (χ4n) is 2.18. The number of hydrazone groups is 1. The average molecular weight is 417 g/mol. The van der Waals surface area contributed by atoms with E-state index in [9.17, 15) is 10.1 Å². The van der Waals surface area contributed by atoms with Gasteiger partial charge in [0.1, 0.15) is 24.4 Å². The zero-order valence-corrected chi connectivity index (χ0v) is 15.9. The number of anilines is 1. The molecule has 0 unspecified atom stereocenters. The van der Waals surface area contributed by atoms with E-state index in [0.717, 1.165) is 17.3 Å². The van der Waals surface area contributed by atoms with Gasteiger partial charge in [0.2, 0.25) is 0 Å². The van der Waals surface area contributed by atoms with Crippen molar-refractivity contribution in [3.05, 3.63) is 92.1 Å². The second kappa shape index (κ2) is 9.16. The van der Waals surface area contributed by atoms with Crippen LogP contribution in [0.5, 0.6) is 5.75 Å². The van der Waals surface area contributed by atoms with Crippen LogP contribution in [0.3, 0.4) is 0 Å². The highest BCUT2D eigenvalue weighted by Crippen LogP contribution is 2.22. The van der Waals surface area contributed by atoms with E-state index in [0.29, 0.717) is 28.2 Å². The summed E-state index contributed by atoms with van der Waals surface area (Å²) in [5.74, 6) is 1.09. The molecule has 0 saturated heterocycles. The van der Waals surface area contributed by atoms with Gasteiger partial charge in [0, 0.05) is 21.7 Å². The molecular weight excluding hydrogens is 403 g/mol. The van der Waals surface area contributed by atoms with Crippen LogP contribution in [-0.2, 0) is 6.61 Å². The first kappa shape index (κ1) is 19.6. The average Bonchev–Trinajstić information content (AvgIpc) is 2.69. The first-order valence-corrected chi connectivity index (χ1v) is 8.83. The van der Waals surface area contributed by atoms with Crippen molar-refractivity contribution in [3.8, 4) is 5.75 Å². The molecule has 0 aliphatic rings. The number of ether oxygens (including phenoxy) is 1. The standard InChI is InChI=1S/C19H14Cl2N4O3/c20-15-4-3-14(18(21)9-15)12-28-17-6-1-13(2-7-17)10-23-24-19-8-5-16(11-22-19)25(26)27/h1-11H,12H2,(H,22,24)/b23-10+. The van der Waals surface area contributed by atoms with Crippen LogP contribution in [0.15, 0.2) is 65.9 Å². The zero-order valence-electron chi connectivity index (χ0n) is 14.4. The van der Waals surface area contributed by atoms with Crippen LogP contribution in [0.1, 0.15) is 11.1 Å². The third-order valence-corrected chi connectivity index (χ3v) is 4.23. The van der Waals surface area contributed by atoms with Crippen LogP contribution in [-0.4, -0.2) is 16.1 Å². The molecule has 0 atom stereocenters. The first-order valence-electron chi connectivity index (χ1n) is 8.07. The SMILES string of the molecule is O=[N+]([O-])c1ccc(N/N=C/c2ccc(OCc3ccc(Cl)cc3Cl)cc2)nc1. The summed E-state index contributed by atoms with van der Waals surface area (Å²) in [7, 11) is 0. The van der Waals surface area contributed by atoms with Gasteiger partial charge < -0.3 is 4.74 Å². The van der Waals surface area contributed by atoms with Crippen molar-refractivity contribution in [1.82, 2.24) is 4.98 Å². The molecule has 0 aliphatic carbocycles. The Labute approximate surface area is 170 Å². The Balaban J connectivity index is 1.53. The lowest BCUT2D eigenvalue weighted by atomic mass is 10.2. The number of pyridine rings is 1. The molecule has 0 amide bonds. The maximum atomic E-state index is 10.6. The summed E-state index contributed by atoms with van der Waals surface area (Å²) >= 11 is 12.0. The molecule has 9 heteroatoms. The van der Waals surface area contributed by atoms with E-state index in [1.807, 2.05) is 30.3 Å². The van der Waals surface area contributed by atoms with Gasteiger partial charge in [0.05, 0.1) is 11.1 Å². The smallest absolute Gasteiger partial charge is 0.287 e. The molecule has 3 rings (SSSR count). The van der Waals surface area contributed by atoms with Gasteiger partial charge in [-0.05, 0) is 48.0 Å². The van der Waals surface area contributed by atoms with E-state index >= 15 is 0 Å². The van der Waals surface area contributed by atoms with E-state index in [2.05, 4.69) is 15.5 Å². The highest BCUT2D eigenvalue weighted by Gasteiger charge is 2.04. The van der Waals surface area contributed by atoms with E-state index in [1.54, 1.807) is 18.3 Å².